The number of rotatable bonds is 14. The highest BCUT2D eigenvalue weighted by Crippen LogP contribution is 2.01. The Labute approximate surface area is 144 Å². The lowest BCUT2D eigenvalue weighted by Crippen LogP contribution is -2.23. The molecule has 2 N–H and O–H groups in total. The zero-order valence-corrected chi connectivity index (χ0v) is 14.4. The first-order valence-electron chi connectivity index (χ1n) is 7.46. The molecular weight excluding hydrogens is 320 g/mol. The predicted molar refractivity (Wildman–Crippen MR) is 92.0 cm³/mol. The topological polar surface area (TPSA) is 77.4 Å². The first-order chi connectivity index (χ1) is 10.8. The van der Waals surface area contributed by atoms with E-state index in [0.29, 0.717) is 39.6 Å². The number of ether oxygens (including phenoxy) is 4. The summed E-state index contributed by atoms with van der Waals surface area (Å²) >= 11 is 0. The first-order valence-corrected chi connectivity index (χ1v) is 7.46. The normalized spacial score (nSPS) is 11.9. The molecule has 0 radical (unpaired) electrons. The summed E-state index contributed by atoms with van der Waals surface area (Å²) in [5, 5.41) is 18.2. The van der Waals surface area contributed by atoms with Crippen molar-refractivity contribution in [2.75, 3.05) is 52.9 Å². The van der Waals surface area contributed by atoms with E-state index in [-0.39, 0.29) is 33.3 Å². The Bertz CT molecular complexity index is 352. The fourth-order valence-corrected chi connectivity index (χ4v) is 1.66. The van der Waals surface area contributed by atoms with Crippen LogP contribution < -0.4 is 0 Å². The highest BCUT2D eigenvalue weighted by Gasteiger charge is 2.04. The minimum Gasteiger partial charge on any atom is -0.394 e. The van der Waals surface area contributed by atoms with Crippen molar-refractivity contribution >= 4 is 13.5 Å². The minimum atomic E-state index is -0.642. The highest BCUT2D eigenvalue weighted by molar-refractivity contribution is 7.59. The van der Waals surface area contributed by atoms with Gasteiger partial charge in [-0.15, -0.1) is 0 Å². The first kappa shape index (κ1) is 22.3. The molecule has 0 heterocycles. The van der Waals surface area contributed by atoms with Crippen molar-refractivity contribution in [3.63, 3.8) is 0 Å². The maximum atomic E-state index is 9.69. The van der Waals surface area contributed by atoms with Gasteiger partial charge in [0.1, 0.15) is 6.10 Å². The van der Waals surface area contributed by atoms with Gasteiger partial charge in [0.05, 0.1) is 59.5 Å². The monoisotopic (exact) mass is 348 g/mol. The third-order valence-electron chi connectivity index (χ3n) is 2.71. The van der Waals surface area contributed by atoms with E-state index in [9.17, 15) is 5.11 Å². The molecule has 1 aromatic carbocycles. The van der Waals surface area contributed by atoms with Crippen molar-refractivity contribution < 1.29 is 29.2 Å². The van der Waals surface area contributed by atoms with Gasteiger partial charge in [-0.3, -0.25) is 0 Å². The Morgan fingerprint density at radius 2 is 1.35 bits per heavy atom. The van der Waals surface area contributed by atoms with Crippen molar-refractivity contribution in [3.8, 4) is 0 Å². The molecule has 0 spiro atoms. The quantitative estimate of drug-likeness (QED) is 0.483. The lowest BCUT2D eigenvalue weighted by atomic mass is 10.2. The van der Waals surface area contributed by atoms with Crippen molar-refractivity contribution in [3.05, 3.63) is 35.9 Å². The van der Waals surface area contributed by atoms with Gasteiger partial charge in [0, 0.05) is 0 Å². The van der Waals surface area contributed by atoms with E-state index in [4.69, 9.17) is 24.1 Å². The van der Waals surface area contributed by atoms with Gasteiger partial charge < -0.3 is 29.2 Å². The summed E-state index contributed by atoms with van der Waals surface area (Å²) in [6.07, 6.45) is -0.642. The molecular formula is C16H28O6S. The molecule has 0 saturated heterocycles. The number of aliphatic hydroxyl groups is 2. The van der Waals surface area contributed by atoms with E-state index < -0.39 is 6.10 Å². The predicted octanol–water partition coefficient (Wildman–Crippen LogP) is 0.719. The van der Waals surface area contributed by atoms with Gasteiger partial charge in [-0.2, -0.15) is 13.5 Å². The molecule has 0 unspecified atom stereocenters. The van der Waals surface area contributed by atoms with Gasteiger partial charge in [-0.25, -0.2) is 0 Å². The fraction of sp³-hybridized carbons (Fsp3) is 0.625. The Hall–Kier alpha value is -0.670. The molecule has 0 aromatic heterocycles. The molecule has 0 aliphatic carbocycles. The van der Waals surface area contributed by atoms with E-state index >= 15 is 0 Å². The average molecular weight is 348 g/mol. The van der Waals surface area contributed by atoms with E-state index in [1.807, 2.05) is 30.3 Å². The second-order valence-corrected chi connectivity index (χ2v) is 4.68. The van der Waals surface area contributed by atoms with Crippen LogP contribution in [0.15, 0.2) is 30.3 Å². The van der Waals surface area contributed by atoms with E-state index in [2.05, 4.69) is 0 Å². The van der Waals surface area contributed by atoms with Crippen molar-refractivity contribution in [2.45, 2.75) is 12.7 Å². The average Bonchev–Trinajstić information content (AvgIpc) is 2.54. The third-order valence-corrected chi connectivity index (χ3v) is 2.71. The molecule has 0 fully saturated rings. The zero-order chi connectivity index (χ0) is 15.9. The van der Waals surface area contributed by atoms with Crippen LogP contribution in [0.4, 0.5) is 0 Å². The maximum Gasteiger partial charge on any atom is 0.101 e. The lowest BCUT2D eigenvalue weighted by Gasteiger charge is -2.12. The minimum absolute atomic E-state index is 0. The van der Waals surface area contributed by atoms with Crippen molar-refractivity contribution in [1.82, 2.24) is 0 Å². The van der Waals surface area contributed by atoms with Crippen molar-refractivity contribution in [2.24, 2.45) is 0 Å². The zero-order valence-electron chi connectivity index (χ0n) is 13.4. The summed E-state index contributed by atoms with van der Waals surface area (Å²) in [6, 6.07) is 9.81. The summed E-state index contributed by atoms with van der Waals surface area (Å²) in [5.74, 6) is 0. The molecule has 1 aromatic rings. The van der Waals surface area contributed by atoms with Crippen LogP contribution in [0.2, 0.25) is 0 Å². The molecule has 134 valence electrons. The summed E-state index contributed by atoms with van der Waals surface area (Å²) < 4.78 is 21.0. The fourth-order valence-electron chi connectivity index (χ4n) is 1.66. The second-order valence-electron chi connectivity index (χ2n) is 4.68. The van der Waals surface area contributed by atoms with E-state index in [0.717, 1.165) is 5.56 Å². The highest BCUT2D eigenvalue weighted by atomic mass is 32.1. The van der Waals surface area contributed by atoms with Crippen molar-refractivity contribution in [1.29, 1.82) is 0 Å². The molecule has 0 bridgehead atoms. The third kappa shape index (κ3) is 13.5. The van der Waals surface area contributed by atoms with Crippen LogP contribution in [0, 0.1) is 0 Å². The van der Waals surface area contributed by atoms with Crippen LogP contribution >= 0.6 is 13.5 Å². The van der Waals surface area contributed by atoms with Crippen LogP contribution in [0.3, 0.4) is 0 Å². The van der Waals surface area contributed by atoms with E-state index in [1.165, 1.54) is 0 Å². The van der Waals surface area contributed by atoms with Gasteiger partial charge in [0.25, 0.3) is 0 Å². The van der Waals surface area contributed by atoms with E-state index in [1.54, 1.807) is 0 Å². The van der Waals surface area contributed by atoms with Crippen LogP contribution in [0.25, 0.3) is 0 Å². The Morgan fingerprint density at radius 1 is 0.783 bits per heavy atom. The Kier molecular flexibility index (Phi) is 15.7. The van der Waals surface area contributed by atoms with Gasteiger partial charge >= 0.3 is 0 Å². The molecule has 6 nitrogen and oxygen atoms in total. The van der Waals surface area contributed by atoms with Gasteiger partial charge in [-0.05, 0) is 5.56 Å². The van der Waals surface area contributed by atoms with Crippen LogP contribution in [-0.2, 0) is 25.6 Å². The SMILES string of the molecule is OCCOCCOCCOC[C@@H](O)COCc1ccccc1.S. The molecule has 1 rings (SSSR count). The number of benzene rings is 1. The maximum absolute atomic E-state index is 9.69. The van der Waals surface area contributed by atoms with Crippen LogP contribution in [-0.4, -0.2) is 69.2 Å². The second kappa shape index (κ2) is 16.2. The largest absolute Gasteiger partial charge is 0.394 e. The lowest BCUT2D eigenvalue weighted by molar-refractivity contribution is -0.0401. The molecule has 7 heteroatoms. The van der Waals surface area contributed by atoms with Crippen LogP contribution in [0.5, 0.6) is 0 Å². The molecule has 0 saturated carbocycles. The Balaban J connectivity index is 0.00000484. The molecule has 23 heavy (non-hydrogen) atoms. The molecule has 0 amide bonds. The number of hydrogen-bond donors (Lipinski definition) is 2. The van der Waals surface area contributed by atoms with Crippen LogP contribution in [0.1, 0.15) is 5.56 Å². The summed E-state index contributed by atoms with van der Waals surface area (Å²) in [5.41, 5.74) is 1.08. The van der Waals surface area contributed by atoms with Gasteiger partial charge in [0.15, 0.2) is 0 Å². The van der Waals surface area contributed by atoms with Gasteiger partial charge in [-0.1, -0.05) is 30.3 Å². The Morgan fingerprint density at radius 3 is 2.00 bits per heavy atom. The smallest absolute Gasteiger partial charge is 0.101 e. The number of hydrogen-bond acceptors (Lipinski definition) is 6. The summed E-state index contributed by atoms with van der Waals surface area (Å²) in [6.45, 7) is 3.07. The van der Waals surface area contributed by atoms with Gasteiger partial charge in [0.2, 0.25) is 0 Å². The molecule has 0 aliphatic rings. The summed E-state index contributed by atoms with van der Waals surface area (Å²) in [7, 11) is 0. The standard InChI is InChI=1S/C16H26O6.H2S/c17-6-7-19-8-9-20-10-11-21-13-16(18)14-22-12-15-4-2-1-3-5-15;/h1-5,16-18H,6-14H2;1H2/t16-;/m1./s1. The summed E-state index contributed by atoms with van der Waals surface area (Å²) in [4.78, 5) is 0. The molecule has 0 aliphatic heterocycles. The molecule has 1 atom stereocenters. The number of aliphatic hydroxyl groups excluding tert-OH is 2.